The van der Waals surface area contributed by atoms with Crippen LogP contribution < -0.4 is 5.32 Å². The van der Waals surface area contributed by atoms with E-state index in [2.05, 4.69) is 20.3 Å². The average molecular weight is 376 g/mol. The lowest BCUT2D eigenvalue weighted by atomic mass is 10.1. The summed E-state index contributed by atoms with van der Waals surface area (Å²) in [6.45, 7) is 1.44. The van der Waals surface area contributed by atoms with E-state index in [1.165, 1.54) is 6.33 Å². The van der Waals surface area contributed by atoms with Gasteiger partial charge >= 0.3 is 0 Å². The normalized spacial score (nSPS) is 16.6. The number of hydrogen-bond donors (Lipinski definition) is 1. The van der Waals surface area contributed by atoms with Crippen LogP contribution in [0.15, 0.2) is 55.2 Å². The molecule has 8 nitrogen and oxygen atoms in total. The van der Waals surface area contributed by atoms with Crippen molar-refractivity contribution in [1.82, 2.24) is 24.8 Å². The second-order valence-corrected chi connectivity index (χ2v) is 6.37. The number of aromatic nitrogens is 4. The fourth-order valence-electron chi connectivity index (χ4n) is 3.12. The fraction of sp³-hybridized carbons (Fsp3) is 0.250. The van der Waals surface area contributed by atoms with Crippen LogP contribution in [0.2, 0.25) is 0 Å². The summed E-state index contributed by atoms with van der Waals surface area (Å²) in [7, 11) is 1.78. The summed E-state index contributed by atoms with van der Waals surface area (Å²) in [4.78, 5) is 31.6. The van der Waals surface area contributed by atoms with Crippen LogP contribution in [0.3, 0.4) is 0 Å². The number of ether oxygens (including phenoxy) is 1. The van der Waals surface area contributed by atoms with E-state index in [4.69, 9.17) is 9.72 Å². The highest BCUT2D eigenvalue weighted by atomic mass is 16.5. The topological polar surface area (TPSA) is 93.1 Å². The first kappa shape index (κ1) is 18.0. The van der Waals surface area contributed by atoms with Gasteiger partial charge < -0.3 is 15.0 Å². The molecule has 1 saturated heterocycles. The maximum atomic E-state index is 12.9. The van der Waals surface area contributed by atoms with Crippen LogP contribution >= 0.6 is 0 Å². The van der Waals surface area contributed by atoms with Gasteiger partial charge in [-0.2, -0.15) is 0 Å². The van der Waals surface area contributed by atoms with Crippen molar-refractivity contribution < 1.29 is 9.53 Å². The average Bonchev–Trinajstić information content (AvgIpc) is 2.79. The lowest BCUT2D eigenvalue weighted by Gasteiger charge is -2.33. The van der Waals surface area contributed by atoms with Crippen molar-refractivity contribution in [1.29, 1.82) is 0 Å². The summed E-state index contributed by atoms with van der Waals surface area (Å²) < 4.78 is 5.90. The molecular weight excluding hydrogens is 356 g/mol. The van der Waals surface area contributed by atoms with E-state index in [0.717, 1.165) is 17.0 Å². The van der Waals surface area contributed by atoms with E-state index >= 15 is 0 Å². The number of hydrogen-bond acceptors (Lipinski definition) is 7. The zero-order chi connectivity index (χ0) is 19.3. The van der Waals surface area contributed by atoms with Gasteiger partial charge in [-0.3, -0.25) is 4.79 Å². The molecule has 1 N–H and O–H groups in total. The lowest BCUT2D eigenvalue weighted by Crippen LogP contribution is -2.42. The maximum Gasteiger partial charge on any atom is 0.254 e. The van der Waals surface area contributed by atoms with E-state index in [0.29, 0.717) is 31.1 Å². The molecule has 3 aromatic heterocycles. The summed E-state index contributed by atoms with van der Waals surface area (Å²) in [5.74, 6) is 0.620. The van der Waals surface area contributed by atoms with Gasteiger partial charge in [0, 0.05) is 43.3 Å². The molecule has 1 aliphatic rings. The van der Waals surface area contributed by atoms with Gasteiger partial charge in [0.15, 0.2) is 0 Å². The van der Waals surface area contributed by atoms with E-state index < -0.39 is 0 Å². The molecular formula is C20H20N6O2. The Morgan fingerprint density at radius 1 is 1.25 bits per heavy atom. The van der Waals surface area contributed by atoms with E-state index in [-0.39, 0.29) is 12.0 Å². The largest absolute Gasteiger partial charge is 0.373 e. The second kappa shape index (κ2) is 8.10. The minimum absolute atomic E-state index is 0.0418. The van der Waals surface area contributed by atoms with E-state index in [1.54, 1.807) is 42.7 Å². The van der Waals surface area contributed by atoms with Gasteiger partial charge in [-0.05, 0) is 24.3 Å². The van der Waals surface area contributed by atoms with Gasteiger partial charge in [0.1, 0.15) is 18.2 Å². The predicted molar refractivity (Wildman–Crippen MR) is 104 cm³/mol. The highest BCUT2D eigenvalue weighted by molar-refractivity contribution is 5.94. The first-order chi connectivity index (χ1) is 13.7. The minimum atomic E-state index is -0.284. The summed E-state index contributed by atoms with van der Waals surface area (Å²) in [6.07, 6.45) is 6.27. The van der Waals surface area contributed by atoms with Crippen molar-refractivity contribution in [2.24, 2.45) is 0 Å². The van der Waals surface area contributed by atoms with Gasteiger partial charge in [0.25, 0.3) is 5.91 Å². The molecule has 28 heavy (non-hydrogen) atoms. The molecule has 3 aromatic rings. The smallest absolute Gasteiger partial charge is 0.254 e. The Balaban J connectivity index is 1.53. The quantitative estimate of drug-likeness (QED) is 0.746. The molecule has 4 rings (SSSR count). The number of nitrogens with one attached hydrogen (secondary N) is 1. The molecule has 142 valence electrons. The number of morpholine rings is 1. The van der Waals surface area contributed by atoms with Crippen molar-refractivity contribution in [2.75, 3.05) is 32.1 Å². The Morgan fingerprint density at radius 3 is 2.93 bits per heavy atom. The van der Waals surface area contributed by atoms with Gasteiger partial charge in [-0.15, -0.1) is 0 Å². The molecule has 1 amide bonds. The Morgan fingerprint density at radius 2 is 2.11 bits per heavy atom. The van der Waals surface area contributed by atoms with Gasteiger partial charge in [0.2, 0.25) is 0 Å². The minimum Gasteiger partial charge on any atom is -0.373 e. The number of nitrogens with zero attached hydrogens (tertiary/aromatic N) is 5. The van der Waals surface area contributed by atoms with Crippen LogP contribution in [0.25, 0.3) is 11.3 Å². The Hall–Kier alpha value is -3.39. The van der Waals surface area contributed by atoms with Crippen molar-refractivity contribution in [3.8, 4) is 11.3 Å². The first-order valence-corrected chi connectivity index (χ1v) is 9.01. The molecule has 0 aromatic carbocycles. The maximum absolute atomic E-state index is 12.9. The van der Waals surface area contributed by atoms with Crippen LogP contribution in [0.4, 0.5) is 5.82 Å². The molecule has 0 aliphatic carbocycles. The zero-order valence-electron chi connectivity index (χ0n) is 15.4. The highest BCUT2D eigenvalue weighted by Gasteiger charge is 2.27. The second-order valence-electron chi connectivity index (χ2n) is 6.37. The molecule has 0 spiro atoms. The van der Waals surface area contributed by atoms with Crippen LogP contribution in [-0.4, -0.2) is 57.5 Å². The molecule has 8 heteroatoms. The van der Waals surface area contributed by atoms with Crippen molar-refractivity contribution >= 4 is 11.7 Å². The first-order valence-electron chi connectivity index (χ1n) is 9.01. The zero-order valence-corrected chi connectivity index (χ0v) is 15.4. The van der Waals surface area contributed by atoms with Gasteiger partial charge in [-0.1, -0.05) is 6.07 Å². The molecule has 0 bridgehead atoms. The predicted octanol–water partition coefficient (Wildman–Crippen LogP) is 2.19. The molecule has 1 atom stereocenters. The highest BCUT2D eigenvalue weighted by Crippen LogP contribution is 2.24. The SMILES string of the molecule is CNc1cc(C(=O)N2CCO[C@H](c3cccc(-c4cncnc4)n3)C2)ccn1. The van der Waals surface area contributed by atoms with Crippen LogP contribution in [-0.2, 0) is 4.74 Å². The third-order valence-electron chi connectivity index (χ3n) is 4.57. The number of carbonyl (C=O) groups excluding carboxylic acids is 1. The van der Waals surface area contributed by atoms with Gasteiger partial charge in [0.05, 0.1) is 24.5 Å². The number of amides is 1. The number of anilines is 1. The summed E-state index contributed by atoms with van der Waals surface area (Å²) in [6, 6.07) is 9.22. The third-order valence-corrected chi connectivity index (χ3v) is 4.57. The van der Waals surface area contributed by atoms with Crippen LogP contribution in [0.1, 0.15) is 22.2 Å². The summed E-state index contributed by atoms with van der Waals surface area (Å²) in [5, 5.41) is 2.95. The Bertz CT molecular complexity index is 966. The van der Waals surface area contributed by atoms with Crippen molar-refractivity contribution in [2.45, 2.75) is 6.10 Å². The number of carbonyl (C=O) groups is 1. The Labute approximate surface area is 162 Å². The fourth-order valence-corrected chi connectivity index (χ4v) is 3.12. The van der Waals surface area contributed by atoms with E-state index in [1.807, 2.05) is 18.2 Å². The molecule has 0 saturated carbocycles. The molecule has 0 radical (unpaired) electrons. The van der Waals surface area contributed by atoms with Crippen molar-refractivity contribution in [3.63, 3.8) is 0 Å². The standard InChI is InChI=1S/C20H20N6O2/c1-21-19-9-14(5-6-24-19)20(27)26-7-8-28-18(12-26)17-4-2-3-16(25-17)15-10-22-13-23-11-15/h2-6,9-11,13,18H,7-8,12H2,1H3,(H,21,24)/t18-/m0/s1. The molecule has 1 aliphatic heterocycles. The molecule has 0 unspecified atom stereocenters. The lowest BCUT2D eigenvalue weighted by molar-refractivity contribution is -0.0246. The van der Waals surface area contributed by atoms with Crippen LogP contribution in [0.5, 0.6) is 0 Å². The van der Waals surface area contributed by atoms with Crippen molar-refractivity contribution in [3.05, 3.63) is 66.5 Å². The van der Waals surface area contributed by atoms with E-state index in [9.17, 15) is 4.79 Å². The summed E-state index contributed by atoms with van der Waals surface area (Å²) >= 11 is 0. The molecule has 4 heterocycles. The monoisotopic (exact) mass is 376 g/mol. The van der Waals surface area contributed by atoms with Crippen LogP contribution in [0, 0.1) is 0 Å². The molecule has 1 fully saturated rings. The third kappa shape index (κ3) is 3.81. The Kier molecular flexibility index (Phi) is 5.20. The van der Waals surface area contributed by atoms with Gasteiger partial charge in [-0.25, -0.2) is 19.9 Å². The number of rotatable bonds is 4. The summed E-state index contributed by atoms with van der Waals surface area (Å²) in [5.41, 5.74) is 3.00. The number of pyridine rings is 2.